The van der Waals surface area contributed by atoms with Gasteiger partial charge in [0.05, 0.1) is 11.2 Å². The van der Waals surface area contributed by atoms with Crippen molar-refractivity contribution in [2.75, 3.05) is 0 Å². The third kappa shape index (κ3) is 3.02. The van der Waals surface area contributed by atoms with Crippen molar-refractivity contribution in [2.24, 2.45) is 0 Å². The van der Waals surface area contributed by atoms with Crippen molar-refractivity contribution in [3.8, 4) is 0 Å². The molecule has 1 heterocycles. The van der Waals surface area contributed by atoms with E-state index in [4.69, 9.17) is 20.9 Å². The number of hydrogen-bond donors (Lipinski definition) is 0. The number of ketones is 1. The highest BCUT2D eigenvalue weighted by Gasteiger charge is 2.52. The Balaban J connectivity index is 1.88. The molecule has 0 N–H and O–H groups in total. The fourth-order valence-electron chi connectivity index (χ4n) is 2.59. The number of hydrogen-bond acceptors (Lipinski definition) is 3. The van der Waals surface area contributed by atoms with Gasteiger partial charge in [0.15, 0.2) is 5.78 Å². The van der Waals surface area contributed by atoms with Crippen molar-refractivity contribution < 1.29 is 14.1 Å². The minimum atomic E-state index is -0.539. The summed E-state index contributed by atoms with van der Waals surface area (Å²) in [4.78, 5) is 12.5. The van der Waals surface area contributed by atoms with E-state index in [1.807, 2.05) is 45.9 Å². The topological polar surface area (TPSA) is 35.5 Å². The van der Waals surface area contributed by atoms with E-state index in [0.29, 0.717) is 16.1 Å². The molecule has 0 spiro atoms. The van der Waals surface area contributed by atoms with Crippen molar-refractivity contribution in [1.82, 2.24) is 0 Å². The Bertz CT molecular complexity index is 755. The molecule has 0 saturated carbocycles. The average molecular weight is 343 g/mol. The van der Waals surface area contributed by atoms with E-state index in [-0.39, 0.29) is 5.78 Å². The van der Waals surface area contributed by atoms with Gasteiger partial charge in [0.25, 0.3) is 0 Å². The van der Waals surface area contributed by atoms with Crippen LogP contribution in [0.15, 0.2) is 48.5 Å². The lowest BCUT2D eigenvalue weighted by molar-refractivity contribution is 0.00578. The van der Waals surface area contributed by atoms with Gasteiger partial charge in [-0.1, -0.05) is 54.1 Å². The van der Waals surface area contributed by atoms with Crippen LogP contribution in [0.4, 0.5) is 0 Å². The molecule has 1 aliphatic rings. The lowest BCUT2D eigenvalue weighted by Gasteiger charge is -2.32. The van der Waals surface area contributed by atoms with Crippen LogP contribution in [0.1, 0.15) is 43.6 Å². The maximum atomic E-state index is 12.5. The summed E-state index contributed by atoms with van der Waals surface area (Å²) in [7, 11) is -0.539. The molecule has 0 atom stereocenters. The van der Waals surface area contributed by atoms with Crippen LogP contribution in [0.25, 0.3) is 0 Å². The average Bonchev–Trinajstić information content (AvgIpc) is 2.75. The minimum Gasteiger partial charge on any atom is -0.399 e. The van der Waals surface area contributed by atoms with Gasteiger partial charge in [-0.2, -0.15) is 0 Å². The molecule has 0 radical (unpaired) electrons. The lowest BCUT2D eigenvalue weighted by Crippen LogP contribution is -2.41. The van der Waals surface area contributed by atoms with Crippen LogP contribution < -0.4 is 5.46 Å². The van der Waals surface area contributed by atoms with Crippen LogP contribution in [-0.2, 0) is 9.31 Å². The van der Waals surface area contributed by atoms with Crippen LogP contribution in [0, 0.1) is 0 Å². The van der Waals surface area contributed by atoms with Gasteiger partial charge in [0, 0.05) is 21.6 Å². The molecule has 1 saturated heterocycles. The Morgan fingerprint density at radius 3 is 2.04 bits per heavy atom. The molecule has 3 nitrogen and oxygen atoms in total. The van der Waals surface area contributed by atoms with Gasteiger partial charge >= 0.3 is 7.12 Å². The summed E-state index contributed by atoms with van der Waals surface area (Å²) in [6.45, 7) is 7.98. The second-order valence-corrected chi connectivity index (χ2v) is 7.43. The van der Waals surface area contributed by atoms with Gasteiger partial charge in [0.2, 0.25) is 0 Å². The summed E-state index contributed by atoms with van der Waals surface area (Å²) in [6, 6.07) is 14.4. The molecule has 0 unspecified atom stereocenters. The molecule has 1 aliphatic heterocycles. The van der Waals surface area contributed by atoms with E-state index >= 15 is 0 Å². The zero-order chi connectivity index (χ0) is 17.5. The summed E-state index contributed by atoms with van der Waals surface area (Å²) in [5.41, 5.74) is 1.06. The van der Waals surface area contributed by atoms with Gasteiger partial charge in [-0.05, 0) is 33.8 Å². The van der Waals surface area contributed by atoms with Gasteiger partial charge in [-0.15, -0.1) is 0 Å². The van der Waals surface area contributed by atoms with Crippen LogP contribution in [0.2, 0.25) is 5.02 Å². The lowest BCUT2D eigenvalue weighted by atomic mass is 9.78. The Morgan fingerprint density at radius 2 is 1.50 bits per heavy atom. The SMILES string of the molecule is CC1(C)OB(c2ccc(C(=O)c3ccccc3)cc2Cl)OC1(C)C. The number of carbonyl (C=O) groups is 1. The summed E-state index contributed by atoms with van der Waals surface area (Å²) in [5.74, 6) is -0.0574. The van der Waals surface area contributed by atoms with E-state index in [0.717, 1.165) is 5.46 Å². The third-order valence-corrected chi connectivity index (χ3v) is 5.13. The van der Waals surface area contributed by atoms with E-state index in [1.165, 1.54) is 0 Å². The first kappa shape index (κ1) is 17.2. The molecule has 0 aliphatic carbocycles. The quantitative estimate of drug-likeness (QED) is 0.627. The van der Waals surface area contributed by atoms with Crippen molar-refractivity contribution in [3.05, 3.63) is 64.7 Å². The Hall–Kier alpha value is -1.62. The minimum absolute atomic E-state index is 0.0574. The van der Waals surface area contributed by atoms with E-state index < -0.39 is 18.3 Å². The first-order chi connectivity index (χ1) is 11.2. The molecule has 0 amide bonds. The van der Waals surface area contributed by atoms with Gasteiger partial charge in [-0.3, -0.25) is 4.79 Å². The van der Waals surface area contributed by atoms with Crippen molar-refractivity contribution in [2.45, 2.75) is 38.9 Å². The number of halogens is 1. The van der Waals surface area contributed by atoms with Gasteiger partial charge < -0.3 is 9.31 Å². The molecule has 2 aromatic carbocycles. The molecule has 2 aromatic rings. The monoisotopic (exact) mass is 342 g/mol. The number of benzene rings is 2. The smallest absolute Gasteiger partial charge is 0.399 e. The second kappa shape index (κ2) is 6.03. The molecular weight excluding hydrogens is 322 g/mol. The normalized spacial score (nSPS) is 18.6. The standard InChI is InChI=1S/C19H20BClO3/c1-18(2)19(3,4)24-20(23-18)15-11-10-14(12-16(15)21)17(22)13-8-6-5-7-9-13/h5-12H,1-4H3. The van der Waals surface area contributed by atoms with Crippen molar-refractivity contribution >= 4 is 30.0 Å². The predicted octanol–water partition coefficient (Wildman–Crippen LogP) is 3.87. The molecule has 24 heavy (non-hydrogen) atoms. The molecular formula is C19H20BClO3. The summed E-state index contributed by atoms with van der Waals surface area (Å²) in [6.07, 6.45) is 0. The molecule has 5 heteroatoms. The van der Waals surface area contributed by atoms with Crippen LogP contribution in [0.3, 0.4) is 0 Å². The summed E-state index contributed by atoms with van der Waals surface area (Å²) < 4.78 is 12.0. The van der Waals surface area contributed by atoms with E-state index in [9.17, 15) is 4.79 Å². The number of rotatable bonds is 3. The Labute approximate surface area is 148 Å². The fraction of sp³-hybridized carbons (Fsp3) is 0.316. The molecule has 124 valence electrons. The van der Waals surface area contributed by atoms with Gasteiger partial charge in [0.1, 0.15) is 0 Å². The molecule has 0 bridgehead atoms. The number of carbonyl (C=O) groups excluding carboxylic acids is 1. The van der Waals surface area contributed by atoms with E-state index in [1.54, 1.807) is 30.3 Å². The highest BCUT2D eigenvalue weighted by atomic mass is 35.5. The molecule has 3 rings (SSSR count). The fourth-order valence-corrected chi connectivity index (χ4v) is 2.86. The highest BCUT2D eigenvalue weighted by Crippen LogP contribution is 2.37. The van der Waals surface area contributed by atoms with Crippen LogP contribution in [0.5, 0.6) is 0 Å². The Kier molecular flexibility index (Phi) is 4.33. The Morgan fingerprint density at radius 1 is 0.917 bits per heavy atom. The summed E-state index contributed by atoms with van der Waals surface area (Å²) >= 11 is 6.41. The van der Waals surface area contributed by atoms with Gasteiger partial charge in [-0.25, -0.2) is 0 Å². The first-order valence-electron chi connectivity index (χ1n) is 7.96. The maximum Gasteiger partial charge on any atom is 0.496 e. The third-order valence-electron chi connectivity index (χ3n) is 4.81. The van der Waals surface area contributed by atoms with E-state index in [2.05, 4.69) is 0 Å². The molecule has 1 fully saturated rings. The maximum absolute atomic E-state index is 12.5. The zero-order valence-electron chi connectivity index (χ0n) is 14.3. The van der Waals surface area contributed by atoms with Crippen LogP contribution in [-0.4, -0.2) is 24.1 Å². The van der Waals surface area contributed by atoms with Crippen molar-refractivity contribution in [3.63, 3.8) is 0 Å². The summed E-state index contributed by atoms with van der Waals surface area (Å²) in [5, 5.41) is 0.468. The van der Waals surface area contributed by atoms with Crippen LogP contribution >= 0.6 is 11.6 Å². The molecule has 0 aromatic heterocycles. The zero-order valence-corrected chi connectivity index (χ0v) is 15.1. The predicted molar refractivity (Wildman–Crippen MR) is 97.0 cm³/mol. The first-order valence-corrected chi connectivity index (χ1v) is 8.34. The second-order valence-electron chi connectivity index (χ2n) is 7.02. The largest absolute Gasteiger partial charge is 0.496 e. The van der Waals surface area contributed by atoms with Crippen molar-refractivity contribution in [1.29, 1.82) is 0 Å². The highest BCUT2D eigenvalue weighted by molar-refractivity contribution is 6.65.